The molecule has 1 N–H and O–H groups in total. The second-order valence-electron chi connectivity index (χ2n) is 6.21. The molecule has 0 atom stereocenters. The van der Waals surface area contributed by atoms with E-state index in [-0.39, 0.29) is 11.3 Å². The quantitative estimate of drug-likeness (QED) is 0.784. The Balaban J connectivity index is 2.02. The predicted molar refractivity (Wildman–Crippen MR) is 98.7 cm³/mol. The molecule has 6 nitrogen and oxygen atoms in total. The van der Waals surface area contributed by atoms with Crippen LogP contribution in [-0.2, 0) is 13.0 Å². The maximum Gasteiger partial charge on any atom is 0.259 e. The van der Waals surface area contributed by atoms with Crippen molar-refractivity contribution in [1.82, 2.24) is 4.57 Å². The summed E-state index contributed by atoms with van der Waals surface area (Å²) in [6.07, 6.45) is 0.692. The van der Waals surface area contributed by atoms with Gasteiger partial charge in [-0.2, -0.15) is 0 Å². The van der Waals surface area contributed by atoms with Crippen LogP contribution in [0, 0.1) is 0 Å². The molecule has 6 heteroatoms. The topological polar surface area (TPSA) is 69.9 Å². The van der Waals surface area contributed by atoms with Crippen molar-refractivity contribution >= 4 is 10.8 Å². The molecule has 134 valence electrons. The van der Waals surface area contributed by atoms with Crippen molar-refractivity contribution in [1.29, 1.82) is 0 Å². The molecular formula is C20H19NO5. The van der Waals surface area contributed by atoms with Gasteiger partial charge in [-0.3, -0.25) is 4.79 Å². The van der Waals surface area contributed by atoms with Crippen LogP contribution in [0.5, 0.6) is 23.0 Å². The highest BCUT2D eigenvalue weighted by Crippen LogP contribution is 2.39. The lowest BCUT2D eigenvalue weighted by atomic mass is 9.95. The average molecular weight is 353 g/mol. The number of methoxy groups -OCH3 is 3. The van der Waals surface area contributed by atoms with Gasteiger partial charge < -0.3 is 23.9 Å². The fourth-order valence-corrected chi connectivity index (χ4v) is 3.58. The van der Waals surface area contributed by atoms with E-state index in [2.05, 4.69) is 0 Å². The largest absolute Gasteiger partial charge is 0.504 e. The van der Waals surface area contributed by atoms with E-state index in [9.17, 15) is 9.90 Å². The lowest BCUT2D eigenvalue weighted by Gasteiger charge is -2.23. The summed E-state index contributed by atoms with van der Waals surface area (Å²) in [6, 6.07) is 8.95. The molecule has 0 saturated heterocycles. The molecule has 1 aromatic heterocycles. The summed E-state index contributed by atoms with van der Waals surface area (Å²) in [5, 5.41) is 11.5. The second kappa shape index (κ2) is 5.98. The standard InChI is InChI=1S/C20H19NO5/c1-24-17-7-11-4-5-21-15(13(11)9-16(17)22)6-12-8-18(25-2)19(26-3)10-14(12)20(21)23/h6-10,22H,4-5H2,1-3H3. The van der Waals surface area contributed by atoms with Crippen molar-refractivity contribution in [2.75, 3.05) is 21.3 Å². The van der Waals surface area contributed by atoms with E-state index in [1.807, 2.05) is 12.1 Å². The summed E-state index contributed by atoms with van der Waals surface area (Å²) in [5.41, 5.74) is 2.57. The lowest BCUT2D eigenvalue weighted by molar-refractivity contribution is 0.356. The number of phenols is 1. The first-order valence-electron chi connectivity index (χ1n) is 8.27. The number of phenolic OH excluding ortho intramolecular Hbond substituents is 1. The molecule has 4 rings (SSSR count). The molecule has 26 heavy (non-hydrogen) atoms. The van der Waals surface area contributed by atoms with E-state index in [0.717, 1.165) is 22.2 Å². The Morgan fingerprint density at radius 3 is 2.31 bits per heavy atom. The van der Waals surface area contributed by atoms with Crippen molar-refractivity contribution < 1.29 is 19.3 Å². The van der Waals surface area contributed by atoms with Crippen molar-refractivity contribution in [3.05, 3.63) is 46.2 Å². The van der Waals surface area contributed by atoms with Gasteiger partial charge in [0.25, 0.3) is 5.56 Å². The number of hydrogen-bond acceptors (Lipinski definition) is 5. The van der Waals surface area contributed by atoms with E-state index in [1.54, 1.807) is 37.0 Å². The van der Waals surface area contributed by atoms with Crippen LogP contribution in [0.4, 0.5) is 0 Å². The first kappa shape index (κ1) is 16.3. The number of benzene rings is 2. The Morgan fingerprint density at radius 1 is 0.923 bits per heavy atom. The minimum Gasteiger partial charge on any atom is -0.504 e. The van der Waals surface area contributed by atoms with E-state index < -0.39 is 0 Å². The van der Waals surface area contributed by atoms with Crippen molar-refractivity contribution in [3.8, 4) is 34.3 Å². The highest BCUT2D eigenvalue weighted by atomic mass is 16.5. The van der Waals surface area contributed by atoms with Gasteiger partial charge in [-0.25, -0.2) is 0 Å². The SMILES string of the molecule is COc1cc2c(cc1O)-c1cc3cc(OC)c(OC)cc3c(=O)n1CC2. The lowest BCUT2D eigenvalue weighted by Crippen LogP contribution is -2.26. The average Bonchev–Trinajstić information content (AvgIpc) is 2.66. The molecule has 1 aliphatic rings. The predicted octanol–water partition coefficient (Wildman–Crippen LogP) is 2.96. The smallest absolute Gasteiger partial charge is 0.259 e. The summed E-state index contributed by atoms with van der Waals surface area (Å²) in [7, 11) is 4.64. The Morgan fingerprint density at radius 2 is 1.62 bits per heavy atom. The van der Waals surface area contributed by atoms with E-state index >= 15 is 0 Å². The highest BCUT2D eigenvalue weighted by molar-refractivity contribution is 5.89. The minimum absolute atomic E-state index is 0.0551. The van der Waals surface area contributed by atoms with Gasteiger partial charge in [0.05, 0.1) is 32.4 Å². The fraction of sp³-hybridized carbons (Fsp3) is 0.250. The number of aryl methyl sites for hydroxylation is 1. The Labute approximate surface area is 150 Å². The van der Waals surface area contributed by atoms with Gasteiger partial charge in [-0.1, -0.05) is 0 Å². The van der Waals surface area contributed by atoms with Crippen molar-refractivity contribution in [3.63, 3.8) is 0 Å². The first-order valence-corrected chi connectivity index (χ1v) is 8.27. The van der Waals surface area contributed by atoms with Crippen LogP contribution < -0.4 is 19.8 Å². The van der Waals surface area contributed by atoms with Gasteiger partial charge >= 0.3 is 0 Å². The van der Waals surface area contributed by atoms with Crippen LogP contribution in [0.3, 0.4) is 0 Å². The number of hydrogen-bond donors (Lipinski definition) is 1. The second-order valence-corrected chi connectivity index (χ2v) is 6.21. The molecule has 0 aliphatic carbocycles. The van der Waals surface area contributed by atoms with Gasteiger partial charge in [0, 0.05) is 12.1 Å². The van der Waals surface area contributed by atoms with Crippen LogP contribution in [0.15, 0.2) is 35.1 Å². The molecule has 0 spiro atoms. The molecule has 0 radical (unpaired) electrons. The molecule has 0 unspecified atom stereocenters. The number of aromatic hydroxyl groups is 1. The third-order valence-electron chi connectivity index (χ3n) is 4.90. The van der Waals surface area contributed by atoms with Crippen LogP contribution in [0.2, 0.25) is 0 Å². The van der Waals surface area contributed by atoms with E-state index in [1.165, 1.54) is 7.11 Å². The molecule has 0 saturated carbocycles. The minimum atomic E-state index is -0.0839. The van der Waals surface area contributed by atoms with Gasteiger partial charge in [0.2, 0.25) is 0 Å². The monoisotopic (exact) mass is 353 g/mol. The summed E-state index contributed by atoms with van der Waals surface area (Å²) < 4.78 is 17.6. The summed E-state index contributed by atoms with van der Waals surface area (Å²) in [4.78, 5) is 13.0. The molecule has 2 aromatic carbocycles. The van der Waals surface area contributed by atoms with Gasteiger partial charge in [-0.15, -0.1) is 0 Å². The third-order valence-corrected chi connectivity index (χ3v) is 4.90. The molecular weight excluding hydrogens is 334 g/mol. The molecule has 0 amide bonds. The molecule has 2 heterocycles. The van der Waals surface area contributed by atoms with Crippen LogP contribution in [-0.4, -0.2) is 31.0 Å². The zero-order valence-corrected chi connectivity index (χ0v) is 14.8. The van der Waals surface area contributed by atoms with Gasteiger partial charge in [0.15, 0.2) is 23.0 Å². The number of fused-ring (bicyclic) bond motifs is 4. The first-order chi connectivity index (χ1) is 12.6. The molecule has 3 aromatic rings. The third kappa shape index (κ3) is 2.29. The maximum atomic E-state index is 13.0. The zero-order chi connectivity index (χ0) is 18.4. The van der Waals surface area contributed by atoms with Gasteiger partial charge in [-0.05, 0) is 47.7 Å². The number of ether oxygens (including phenoxy) is 3. The number of pyridine rings is 1. The molecule has 0 fully saturated rings. The normalized spacial score (nSPS) is 12.4. The van der Waals surface area contributed by atoms with E-state index in [0.29, 0.717) is 35.6 Å². The van der Waals surface area contributed by atoms with E-state index in [4.69, 9.17) is 14.2 Å². The highest BCUT2D eigenvalue weighted by Gasteiger charge is 2.22. The Bertz CT molecular complexity index is 1080. The maximum absolute atomic E-state index is 13.0. The molecule has 1 aliphatic heterocycles. The summed E-state index contributed by atoms with van der Waals surface area (Å²) in [5.74, 6) is 1.58. The fourth-order valence-electron chi connectivity index (χ4n) is 3.58. The summed E-state index contributed by atoms with van der Waals surface area (Å²) >= 11 is 0. The van der Waals surface area contributed by atoms with Crippen LogP contribution in [0.1, 0.15) is 5.56 Å². The number of rotatable bonds is 3. The van der Waals surface area contributed by atoms with Crippen LogP contribution >= 0.6 is 0 Å². The van der Waals surface area contributed by atoms with Crippen molar-refractivity contribution in [2.24, 2.45) is 0 Å². The number of aromatic nitrogens is 1. The zero-order valence-electron chi connectivity index (χ0n) is 14.8. The Hall–Kier alpha value is -3.15. The number of nitrogens with zero attached hydrogens (tertiary/aromatic N) is 1. The summed E-state index contributed by atoms with van der Waals surface area (Å²) in [6.45, 7) is 0.569. The van der Waals surface area contributed by atoms with Crippen LogP contribution in [0.25, 0.3) is 22.0 Å². The molecule has 0 bridgehead atoms. The Kier molecular flexibility index (Phi) is 3.76. The van der Waals surface area contributed by atoms with Gasteiger partial charge in [0.1, 0.15) is 0 Å². The van der Waals surface area contributed by atoms with Crippen molar-refractivity contribution in [2.45, 2.75) is 13.0 Å².